The molecule has 0 spiro atoms. The number of para-hydroxylation sites is 4. The normalized spacial score (nSPS) is 11.4. The fourth-order valence-corrected chi connectivity index (χ4v) is 4.94. The van der Waals surface area contributed by atoms with Crippen LogP contribution in [-0.4, -0.2) is 14.5 Å². The van der Waals surface area contributed by atoms with Crippen molar-refractivity contribution in [3.63, 3.8) is 0 Å². The van der Waals surface area contributed by atoms with Crippen LogP contribution in [0.2, 0.25) is 0 Å². The molecular formula is C32H21N3. The third-order valence-corrected chi connectivity index (χ3v) is 6.65. The van der Waals surface area contributed by atoms with E-state index in [0.717, 1.165) is 22.3 Å². The summed E-state index contributed by atoms with van der Waals surface area (Å²) in [5.41, 5.74) is 9.76. The molecule has 7 aromatic rings. The molecule has 2 aromatic heterocycles. The summed E-state index contributed by atoms with van der Waals surface area (Å²) < 4.78 is 2.34. The predicted octanol–water partition coefficient (Wildman–Crippen LogP) is 8.06. The van der Waals surface area contributed by atoms with Crippen LogP contribution in [0.25, 0.3) is 60.9 Å². The van der Waals surface area contributed by atoms with Gasteiger partial charge >= 0.3 is 0 Å². The Bertz CT molecular complexity index is 1830. The van der Waals surface area contributed by atoms with Gasteiger partial charge in [-0.15, -0.1) is 0 Å². The van der Waals surface area contributed by atoms with Gasteiger partial charge in [0, 0.05) is 22.0 Å². The minimum absolute atomic E-state index is 0.886. The summed E-state index contributed by atoms with van der Waals surface area (Å²) in [6.45, 7) is 0. The van der Waals surface area contributed by atoms with Crippen LogP contribution in [0.3, 0.4) is 0 Å². The van der Waals surface area contributed by atoms with Crippen molar-refractivity contribution in [2.45, 2.75) is 0 Å². The highest BCUT2D eigenvalue weighted by atomic mass is 15.0. The van der Waals surface area contributed by atoms with E-state index in [4.69, 9.17) is 4.98 Å². The van der Waals surface area contributed by atoms with Crippen LogP contribution in [0.15, 0.2) is 128 Å². The maximum Gasteiger partial charge on any atom is 0.0894 e. The second-order valence-corrected chi connectivity index (χ2v) is 8.74. The highest BCUT2D eigenvalue weighted by Crippen LogP contribution is 2.35. The van der Waals surface area contributed by atoms with Crippen molar-refractivity contribution in [3.05, 3.63) is 128 Å². The molecule has 0 saturated carbocycles. The topological polar surface area (TPSA) is 30.7 Å². The Hall–Kier alpha value is -4.76. The molecule has 5 aromatic carbocycles. The lowest BCUT2D eigenvalue weighted by molar-refractivity contribution is 1.18. The molecule has 3 nitrogen and oxygen atoms in total. The summed E-state index contributed by atoms with van der Waals surface area (Å²) in [5.74, 6) is 0. The van der Waals surface area contributed by atoms with Crippen molar-refractivity contribution in [1.29, 1.82) is 0 Å². The number of fused-ring (bicyclic) bond motifs is 4. The van der Waals surface area contributed by atoms with E-state index in [2.05, 4.69) is 107 Å². The van der Waals surface area contributed by atoms with Gasteiger partial charge in [-0.05, 0) is 53.6 Å². The van der Waals surface area contributed by atoms with Crippen molar-refractivity contribution in [3.8, 4) is 28.1 Å². The van der Waals surface area contributed by atoms with E-state index < -0.39 is 0 Å². The van der Waals surface area contributed by atoms with Gasteiger partial charge < -0.3 is 4.57 Å². The maximum atomic E-state index is 4.79. The molecule has 0 N–H and O–H groups in total. The number of rotatable bonds is 3. The van der Waals surface area contributed by atoms with E-state index in [0.29, 0.717) is 0 Å². The standard InChI is InChI=1S/C32H21N3/c1-2-8-25(9-3-1)35-31-13-7-4-10-26(31)27-20-24(18-19-32(27)35)22-14-16-23(17-15-22)30-21-33-28-11-5-6-12-29(28)34-30/h1-21H. The second-order valence-electron chi connectivity index (χ2n) is 8.74. The molecule has 0 radical (unpaired) electrons. The van der Waals surface area contributed by atoms with Gasteiger partial charge in [-0.2, -0.15) is 0 Å². The Morgan fingerprint density at radius 2 is 1.14 bits per heavy atom. The van der Waals surface area contributed by atoms with Crippen molar-refractivity contribution in [2.75, 3.05) is 0 Å². The summed E-state index contributed by atoms with van der Waals surface area (Å²) in [5, 5.41) is 2.52. The first-order chi connectivity index (χ1) is 17.3. The summed E-state index contributed by atoms with van der Waals surface area (Å²) >= 11 is 0. The van der Waals surface area contributed by atoms with Gasteiger partial charge in [-0.3, -0.25) is 4.98 Å². The van der Waals surface area contributed by atoms with E-state index in [1.165, 1.54) is 38.6 Å². The highest BCUT2D eigenvalue weighted by molar-refractivity contribution is 6.10. The molecule has 3 heteroatoms. The summed E-state index contributed by atoms with van der Waals surface area (Å²) in [6, 6.07) is 42.5. The number of benzene rings is 5. The molecule has 0 amide bonds. The zero-order chi connectivity index (χ0) is 23.2. The molecule has 0 aliphatic heterocycles. The SMILES string of the molecule is c1ccc(-n2c3ccccc3c3cc(-c4ccc(-c5cnc6ccccc6n5)cc4)ccc32)cc1. The first-order valence-electron chi connectivity index (χ1n) is 11.8. The molecule has 0 unspecified atom stereocenters. The minimum Gasteiger partial charge on any atom is -0.309 e. The number of hydrogen-bond donors (Lipinski definition) is 0. The van der Waals surface area contributed by atoms with Gasteiger partial charge in [0.2, 0.25) is 0 Å². The monoisotopic (exact) mass is 447 g/mol. The molecule has 0 bridgehead atoms. The molecule has 35 heavy (non-hydrogen) atoms. The van der Waals surface area contributed by atoms with Gasteiger partial charge in [0.15, 0.2) is 0 Å². The number of hydrogen-bond acceptors (Lipinski definition) is 2. The van der Waals surface area contributed by atoms with Crippen LogP contribution >= 0.6 is 0 Å². The Morgan fingerprint density at radius 3 is 2.00 bits per heavy atom. The average Bonchev–Trinajstić information content (AvgIpc) is 3.27. The van der Waals surface area contributed by atoms with Crippen LogP contribution in [0.5, 0.6) is 0 Å². The lowest BCUT2D eigenvalue weighted by Crippen LogP contribution is -1.92. The van der Waals surface area contributed by atoms with Crippen molar-refractivity contribution >= 4 is 32.8 Å². The van der Waals surface area contributed by atoms with E-state index in [9.17, 15) is 0 Å². The van der Waals surface area contributed by atoms with Gasteiger partial charge in [0.05, 0.1) is 34.0 Å². The highest BCUT2D eigenvalue weighted by Gasteiger charge is 2.13. The Kier molecular flexibility index (Phi) is 4.46. The maximum absolute atomic E-state index is 4.79. The second kappa shape index (κ2) is 7.93. The smallest absolute Gasteiger partial charge is 0.0894 e. The molecular weight excluding hydrogens is 426 g/mol. The lowest BCUT2D eigenvalue weighted by Gasteiger charge is -2.08. The van der Waals surface area contributed by atoms with Gasteiger partial charge in [-0.1, -0.05) is 78.9 Å². The van der Waals surface area contributed by atoms with Gasteiger partial charge in [0.25, 0.3) is 0 Å². The largest absolute Gasteiger partial charge is 0.309 e. The van der Waals surface area contributed by atoms with Crippen molar-refractivity contribution in [2.24, 2.45) is 0 Å². The van der Waals surface area contributed by atoms with Gasteiger partial charge in [0.1, 0.15) is 0 Å². The zero-order valence-electron chi connectivity index (χ0n) is 19.0. The van der Waals surface area contributed by atoms with Crippen molar-refractivity contribution in [1.82, 2.24) is 14.5 Å². The third-order valence-electron chi connectivity index (χ3n) is 6.65. The van der Waals surface area contributed by atoms with E-state index >= 15 is 0 Å². The predicted molar refractivity (Wildman–Crippen MR) is 145 cm³/mol. The minimum atomic E-state index is 0.886. The Balaban J connectivity index is 1.32. The van der Waals surface area contributed by atoms with E-state index in [-0.39, 0.29) is 0 Å². The van der Waals surface area contributed by atoms with Crippen LogP contribution in [0, 0.1) is 0 Å². The number of nitrogens with zero attached hydrogens (tertiary/aromatic N) is 3. The van der Waals surface area contributed by atoms with E-state index in [1.54, 1.807) is 0 Å². The first kappa shape index (κ1) is 19.7. The molecule has 0 fully saturated rings. The first-order valence-corrected chi connectivity index (χ1v) is 11.8. The Labute approximate surface area is 203 Å². The Morgan fingerprint density at radius 1 is 0.486 bits per heavy atom. The summed E-state index contributed by atoms with van der Waals surface area (Å²) in [4.78, 5) is 9.35. The molecule has 0 saturated heterocycles. The quantitative estimate of drug-likeness (QED) is 0.274. The third kappa shape index (κ3) is 3.29. The average molecular weight is 448 g/mol. The lowest BCUT2D eigenvalue weighted by atomic mass is 10.0. The molecule has 0 aliphatic carbocycles. The number of aromatic nitrogens is 3. The van der Waals surface area contributed by atoms with Crippen LogP contribution in [0.1, 0.15) is 0 Å². The zero-order valence-corrected chi connectivity index (χ0v) is 19.0. The molecule has 7 rings (SSSR count). The molecule has 0 aliphatic rings. The summed E-state index contributed by atoms with van der Waals surface area (Å²) in [7, 11) is 0. The van der Waals surface area contributed by atoms with Crippen LogP contribution in [-0.2, 0) is 0 Å². The van der Waals surface area contributed by atoms with Crippen LogP contribution < -0.4 is 0 Å². The van der Waals surface area contributed by atoms with Crippen LogP contribution in [0.4, 0.5) is 0 Å². The fraction of sp³-hybridized carbons (Fsp3) is 0. The fourth-order valence-electron chi connectivity index (χ4n) is 4.94. The summed E-state index contributed by atoms with van der Waals surface area (Å²) in [6.07, 6.45) is 1.85. The molecule has 2 heterocycles. The molecule has 0 atom stereocenters. The van der Waals surface area contributed by atoms with Crippen molar-refractivity contribution < 1.29 is 0 Å². The van der Waals surface area contributed by atoms with Gasteiger partial charge in [-0.25, -0.2) is 4.98 Å². The van der Waals surface area contributed by atoms with E-state index in [1.807, 2.05) is 30.5 Å². The molecule has 164 valence electrons.